The molecule has 0 aliphatic carbocycles. The van der Waals surface area contributed by atoms with E-state index < -0.39 is 6.10 Å². The number of aromatic nitrogens is 1. The smallest absolute Gasteiger partial charge is 0.253 e. The second kappa shape index (κ2) is 11.5. The molecule has 2 aromatic rings. The number of benzene rings is 1. The molecule has 0 spiro atoms. The van der Waals surface area contributed by atoms with Crippen LogP contribution in [0.25, 0.3) is 0 Å². The van der Waals surface area contributed by atoms with E-state index >= 15 is 0 Å². The molecule has 1 aromatic carbocycles. The first-order chi connectivity index (χ1) is 16.5. The molecular formula is C26H35N3O5. The zero-order chi connectivity index (χ0) is 23.9. The van der Waals surface area contributed by atoms with Crippen molar-refractivity contribution in [1.82, 2.24) is 14.8 Å². The van der Waals surface area contributed by atoms with Gasteiger partial charge in [-0.05, 0) is 29.7 Å². The number of carbonyl (C=O) groups is 1. The fourth-order valence-corrected chi connectivity index (χ4v) is 4.37. The zero-order valence-electron chi connectivity index (χ0n) is 20.4. The van der Waals surface area contributed by atoms with E-state index in [1.165, 1.54) is 0 Å². The fourth-order valence-electron chi connectivity index (χ4n) is 4.37. The number of ether oxygens (including phenoxy) is 4. The Balaban J connectivity index is 1.45. The average Bonchev–Trinajstić information content (AvgIpc) is 3.08. The number of amides is 1. The van der Waals surface area contributed by atoms with E-state index in [2.05, 4.69) is 23.7 Å². The van der Waals surface area contributed by atoms with Crippen molar-refractivity contribution in [3.63, 3.8) is 0 Å². The Labute approximate surface area is 201 Å². The number of methoxy groups -OCH3 is 1. The molecule has 1 saturated heterocycles. The molecule has 0 unspecified atom stereocenters. The molecule has 0 bridgehead atoms. The van der Waals surface area contributed by atoms with Crippen molar-refractivity contribution in [2.75, 3.05) is 46.6 Å². The second-order valence-corrected chi connectivity index (χ2v) is 9.23. The topological polar surface area (TPSA) is 73.4 Å². The lowest BCUT2D eigenvalue weighted by atomic mass is 10.1. The van der Waals surface area contributed by atoms with Crippen molar-refractivity contribution in [1.29, 1.82) is 0 Å². The van der Waals surface area contributed by atoms with Crippen LogP contribution < -0.4 is 14.2 Å². The molecule has 0 N–H and O–H groups in total. The van der Waals surface area contributed by atoms with E-state index in [9.17, 15) is 4.79 Å². The van der Waals surface area contributed by atoms with Crippen molar-refractivity contribution in [3.8, 4) is 17.2 Å². The van der Waals surface area contributed by atoms with Crippen LogP contribution in [0.5, 0.6) is 17.2 Å². The van der Waals surface area contributed by atoms with E-state index in [0.717, 1.165) is 41.3 Å². The number of hydrogen-bond acceptors (Lipinski definition) is 7. The van der Waals surface area contributed by atoms with Crippen LogP contribution in [0.2, 0.25) is 0 Å². The minimum atomic E-state index is -0.504. The van der Waals surface area contributed by atoms with Gasteiger partial charge in [-0.1, -0.05) is 19.9 Å². The average molecular weight is 470 g/mol. The van der Waals surface area contributed by atoms with Gasteiger partial charge in [0.15, 0.2) is 11.5 Å². The summed E-state index contributed by atoms with van der Waals surface area (Å²) in [6.07, 6.45) is 3.90. The van der Waals surface area contributed by atoms with Crippen LogP contribution in [0.15, 0.2) is 36.7 Å². The summed E-state index contributed by atoms with van der Waals surface area (Å²) in [5.41, 5.74) is 2.02. The fraction of sp³-hybridized carbons (Fsp3) is 0.538. The highest BCUT2D eigenvalue weighted by Gasteiger charge is 2.31. The van der Waals surface area contributed by atoms with Gasteiger partial charge in [-0.2, -0.15) is 0 Å². The Kier molecular flexibility index (Phi) is 8.24. The molecule has 1 fully saturated rings. The van der Waals surface area contributed by atoms with E-state index in [4.69, 9.17) is 18.9 Å². The quantitative estimate of drug-likeness (QED) is 0.588. The zero-order valence-corrected chi connectivity index (χ0v) is 20.4. The third-order valence-electron chi connectivity index (χ3n) is 5.98. The number of pyridine rings is 1. The number of carbonyl (C=O) groups excluding carboxylic acids is 1. The first kappa shape index (κ1) is 24.3. The molecular weight excluding hydrogens is 434 g/mol. The lowest BCUT2D eigenvalue weighted by Gasteiger charge is -2.35. The van der Waals surface area contributed by atoms with Crippen LogP contribution in [0.1, 0.15) is 31.4 Å². The molecule has 0 radical (unpaired) electrons. The van der Waals surface area contributed by atoms with Gasteiger partial charge in [-0.15, -0.1) is 0 Å². The monoisotopic (exact) mass is 469 g/mol. The van der Waals surface area contributed by atoms with Crippen LogP contribution in [0.4, 0.5) is 0 Å². The molecule has 1 aromatic heterocycles. The van der Waals surface area contributed by atoms with Crippen LogP contribution in [-0.4, -0.2) is 73.4 Å². The van der Waals surface area contributed by atoms with Crippen molar-refractivity contribution in [3.05, 3.63) is 47.8 Å². The highest BCUT2D eigenvalue weighted by molar-refractivity contribution is 5.81. The summed E-state index contributed by atoms with van der Waals surface area (Å²) in [5, 5.41) is 0. The molecule has 4 rings (SSSR count). The molecule has 0 saturated carbocycles. The van der Waals surface area contributed by atoms with Crippen LogP contribution in [-0.2, 0) is 22.6 Å². The van der Waals surface area contributed by atoms with Crippen LogP contribution in [0.3, 0.4) is 0 Å². The van der Waals surface area contributed by atoms with Crippen molar-refractivity contribution in [2.24, 2.45) is 5.92 Å². The Hall–Kier alpha value is -2.84. The highest BCUT2D eigenvalue weighted by atomic mass is 16.5. The highest BCUT2D eigenvalue weighted by Crippen LogP contribution is 2.31. The molecule has 2 aliphatic rings. The maximum atomic E-state index is 13.6. The van der Waals surface area contributed by atoms with E-state index in [0.29, 0.717) is 51.9 Å². The maximum Gasteiger partial charge on any atom is 0.253 e. The standard InChI is InChI=1S/C26H35N3O5/c1-19(2)15-29(16-20-5-6-23-24(13-20)33-11-4-10-32-23)26(30)25-18-28(9-12-34-25)17-21-14-27-8-7-22(21)31-3/h5-8,13-14,19,25H,4,9-12,15-18H2,1-3H3/t25-/m1/s1. The van der Waals surface area contributed by atoms with Gasteiger partial charge >= 0.3 is 0 Å². The van der Waals surface area contributed by atoms with Gasteiger partial charge in [0, 0.05) is 57.1 Å². The van der Waals surface area contributed by atoms with Crippen LogP contribution >= 0.6 is 0 Å². The van der Waals surface area contributed by atoms with Gasteiger partial charge < -0.3 is 23.8 Å². The number of rotatable bonds is 8. The molecule has 2 aliphatic heterocycles. The molecule has 1 atom stereocenters. The van der Waals surface area contributed by atoms with Gasteiger partial charge in [-0.25, -0.2) is 0 Å². The van der Waals surface area contributed by atoms with Crippen molar-refractivity contribution >= 4 is 5.91 Å². The minimum absolute atomic E-state index is 0.0173. The number of hydrogen-bond donors (Lipinski definition) is 0. The van der Waals surface area contributed by atoms with Crippen LogP contribution in [0, 0.1) is 5.92 Å². The molecule has 3 heterocycles. The lowest BCUT2D eigenvalue weighted by Crippen LogP contribution is -2.51. The van der Waals surface area contributed by atoms with Gasteiger partial charge in [0.25, 0.3) is 5.91 Å². The van der Waals surface area contributed by atoms with Gasteiger partial charge in [0.2, 0.25) is 0 Å². The third kappa shape index (κ3) is 6.18. The maximum absolute atomic E-state index is 13.6. The van der Waals surface area contributed by atoms with Gasteiger partial charge in [-0.3, -0.25) is 14.7 Å². The third-order valence-corrected chi connectivity index (χ3v) is 5.98. The summed E-state index contributed by atoms with van der Waals surface area (Å²) >= 11 is 0. The largest absolute Gasteiger partial charge is 0.496 e. The summed E-state index contributed by atoms with van der Waals surface area (Å²) in [6, 6.07) is 7.80. The number of morpholine rings is 1. The molecule has 8 nitrogen and oxygen atoms in total. The number of nitrogens with zero attached hydrogens (tertiary/aromatic N) is 3. The summed E-state index contributed by atoms with van der Waals surface area (Å²) in [6.45, 7) is 9.17. The molecule has 34 heavy (non-hydrogen) atoms. The first-order valence-electron chi connectivity index (χ1n) is 12.0. The van der Waals surface area contributed by atoms with Crippen molar-refractivity contribution in [2.45, 2.75) is 39.5 Å². The first-order valence-corrected chi connectivity index (χ1v) is 12.0. The van der Waals surface area contributed by atoms with E-state index in [-0.39, 0.29) is 5.91 Å². The van der Waals surface area contributed by atoms with Gasteiger partial charge in [0.1, 0.15) is 11.9 Å². The minimum Gasteiger partial charge on any atom is -0.496 e. The predicted molar refractivity (Wildman–Crippen MR) is 128 cm³/mol. The van der Waals surface area contributed by atoms with Crippen molar-refractivity contribution < 1.29 is 23.7 Å². The van der Waals surface area contributed by atoms with E-state index in [1.807, 2.05) is 35.4 Å². The summed E-state index contributed by atoms with van der Waals surface area (Å²) in [7, 11) is 1.66. The number of fused-ring (bicyclic) bond motifs is 1. The van der Waals surface area contributed by atoms with E-state index in [1.54, 1.807) is 13.3 Å². The lowest BCUT2D eigenvalue weighted by molar-refractivity contribution is -0.151. The Morgan fingerprint density at radius 2 is 2.03 bits per heavy atom. The SMILES string of the molecule is COc1ccncc1CN1CCO[C@@H](C(=O)N(Cc2ccc3c(c2)OCCCO3)CC(C)C)C1. The Bertz CT molecular complexity index is 967. The van der Waals surface area contributed by atoms with Gasteiger partial charge in [0.05, 0.1) is 26.9 Å². The normalized spacial score (nSPS) is 18.4. The predicted octanol–water partition coefficient (Wildman–Crippen LogP) is 3.14. The Morgan fingerprint density at radius 1 is 1.21 bits per heavy atom. The molecule has 184 valence electrons. The summed E-state index contributed by atoms with van der Waals surface area (Å²) in [4.78, 5) is 21.9. The summed E-state index contributed by atoms with van der Waals surface area (Å²) in [5.74, 6) is 2.67. The summed E-state index contributed by atoms with van der Waals surface area (Å²) < 4.78 is 23.0. The molecule has 1 amide bonds. The Morgan fingerprint density at radius 3 is 2.82 bits per heavy atom. The second-order valence-electron chi connectivity index (χ2n) is 9.23. The molecule has 8 heteroatoms.